The normalized spacial score (nSPS) is 17.3. The maximum atomic E-state index is 12.6. The number of para-hydroxylation sites is 2. The Morgan fingerprint density at radius 2 is 2.17 bits per heavy atom. The van der Waals surface area contributed by atoms with E-state index in [1.54, 1.807) is 6.07 Å². The van der Waals surface area contributed by atoms with Gasteiger partial charge in [0.2, 0.25) is 5.95 Å². The standard InChI is InChI=1S/C17H20N4O3/c1-24-17(23)21(15-19-13-10-6-7-11-14(13)20-15)16(22)18-12-8-4-2-3-5-9-12/h4,6-8,10-12H,2-3,5,9H2,1H3,(H,18,22)(H,19,20). The van der Waals surface area contributed by atoms with Crippen LogP contribution in [0.4, 0.5) is 15.5 Å². The number of nitrogens with one attached hydrogen (secondary N) is 2. The van der Waals surface area contributed by atoms with E-state index in [2.05, 4.69) is 21.4 Å². The number of carbonyl (C=O) groups is 2. The van der Waals surface area contributed by atoms with Gasteiger partial charge in [0.1, 0.15) is 0 Å². The number of ether oxygens (including phenoxy) is 1. The summed E-state index contributed by atoms with van der Waals surface area (Å²) in [4.78, 5) is 32.9. The molecule has 1 heterocycles. The molecule has 1 aliphatic carbocycles. The van der Waals surface area contributed by atoms with E-state index in [1.165, 1.54) is 7.11 Å². The highest BCUT2D eigenvalue weighted by molar-refractivity contribution is 6.11. The maximum absolute atomic E-state index is 12.6. The lowest BCUT2D eigenvalue weighted by Crippen LogP contribution is -2.47. The van der Waals surface area contributed by atoms with Crippen molar-refractivity contribution in [3.63, 3.8) is 0 Å². The summed E-state index contributed by atoms with van der Waals surface area (Å²) in [7, 11) is 1.23. The van der Waals surface area contributed by atoms with Crippen LogP contribution in [-0.4, -0.2) is 35.2 Å². The lowest BCUT2D eigenvalue weighted by molar-refractivity contribution is 0.177. The van der Waals surface area contributed by atoms with Crippen LogP contribution in [0.2, 0.25) is 0 Å². The highest BCUT2D eigenvalue weighted by atomic mass is 16.5. The van der Waals surface area contributed by atoms with Gasteiger partial charge in [-0.2, -0.15) is 4.90 Å². The number of hydrogen-bond donors (Lipinski definition) is 2. The lowest BCUT2D eigenvalue weighted by atomic mass is 10.1. The molecule has 3 rings (SSSR count). The first-order chi connectivity index (χ1) is 11.7. The number of urea groups is 1. The van der Waals surface area contributed by atoms with E-state index in [9.17, 15) is 9.59 Å². The number of anilines is 1. The van der Waals surface area contributed by atoms with Gasteiger partial charge in [-0.15, -0.1) is 0 Å². The van der Waals surface area contributed by atoms with Gasteiger partial charge in [-0.3, -0.25) is 0 Å². The number of methoxy groups -OCH3 is 1. The first-order valence-corrected chi connectivity index (χ1v) is 7.99. The van der Waals surface area contributed by atoms with Crippen LogP contribution in [0, 0.1) is 0 Å². The molecule has 1 aromatic carbocycles. The van der Waals surface area contributed by atoms with Crippen molar-refractivity contribution in [1.29, 1.82) is 0 Å². The topological polar surface area (TPSA) is 87.3 Å². The molecule has 1 aromatic heterocycles. The van der Waals surface area contributed by atoms with Crippen LogP contribution in [0.15, 0.2) is 36.4 Å². The van der Waals surface area contributed by atoms with E-state index < -0.39 is 12.1 Å². The number of allylic oxidation sites excluding steroid dienone is 1. The number of aromatic amines is 1. The van der Waals surface area contributed by atoms with Crippen molar-refractivity contribution in [2.24, 2.45) is 0 Å². The Kier molecular flexibility index (Phi) is 4.79. The van der Waals surface area contributed by atoms with Gasteiger partial charge in [-0.25, -0.2) is 14.6 Å². The molecule has 1 atom stereocenters. The lowest BCUT2D eigenvalue weighted by Gasteiger charge is -2.20. The minimum absolute atomic E-state index is 0.100. The number of imide groups is 1. The number of rotatable bonds is 2. The summed E-state index contributed by atoms with van der Waals surface area (Å²) in [5, 5.41) is 2.86. The molecule has 0 bridgehead atoms. The van der Waals surface area contributed by atoms with Gasteiger partial charge < -0.3 is 15.0 Å². The molecular weight excluding hydrogens is 308 g/mol. The van der Waals surface area contributed by atoms with Crippen LogP contribution < -0.4 is 10.2 Å². The molecule has 0 spiro atoms. The number of fused-ring (bicyclic) bond motifs is 1. The van der Waals surface area contributed by atoms with Crippen molar-refractivity contribution in [2.75, 3.05) is 12.0 Å². The van der Waals surface area contributed by atoms with Gasteiger partial charge in [0.05, 0.1) is 18.1 Å². The second-order valence-corrected chi connectivity index (χ2v) is 5.65. The molecule has 126 valence electrons. The van der Waals surface area contributed by atoms with E-state index in [4.69, 9.17) is 4.74 Å². The summed E-state index contributed by atoms with van der Waals surface area (Å²) >= 11 is 0. The Labute approximate surface area is 139 Å². The monoisotopic (exact) mass is 328 g/mol. The third-order valence-electron chi connectivity index (χ3n) is 3.96. The Balaban J connectivity index is 1.85. The summed E-state index contributed by atoms with van der Waals surface area (Å²) in [6.07, 6.45) is 7.23. The summed E-state index contributed by atoms with van der Waals surface area (Å²) in [6, 6.07) is 6.66. The summed E-state index contributed by atoms with van der Waals surface area (Å²) in [5.74, 6) is 0.137. The number of hydrogen-bond acceptors (Lipinski definition) is 4. The first kappa shape index (κ1) is 16.0. The molecule has 2 aromatic rings. The fourth-order valence-electron chi connectivity index (χ4n) is 2.73. The van der Waals surface area contributed by atoms with E-state index in [-0.39, 0.29) is 12.0 Å². The molecule has 0 fully saturated rings. The van der Waals surface area contributed by atoms with Crippen molar-refractivity contribution < 1.29 is 14.3 Å². The van der Waals surface area contributed by atoms with Crippen LogP contribution in [0.1, 0.15) is 25.7 Å². The van der Waals surface area contributed by atoms with Crippen LogP contribution in [0.5, 0.6) is 0 Å². The van der Waals surface area contributed by atoms with Gasteiger partial charge >= 0.3 is 12.1 Å². The maximum Gasteiger partial charge on any atom is 0.424 e. The second-order valence-electron chi connectivity index (χ2n) is 5.65. The van der Waals surface area contributed by atoms with Gasteiger partial charge in [-0.1, -0.05) is 30.7 Å². The summed E-state index contributed by atoms with van der Waals surface area (Å²) < 4.78 is 4.75. The Bertz CT molecular complexity index is 735. The van der Waals surface area contributed by atoms with Crippen LogP contribution in [0.3, 0.4) is 0 Å². The molecule has 3 amide bonds. The van der Waals surface area contributed by atoms with Crippen molar-refractivity contribution >= 4 is 29.1 Å². The number of aromatic nitrogens is 2. The SMILES string of the molecule is COC(=O)N(C(=O)NC1C=CCCCC1)c1nc2ccccc2[nH]1. The van der Waals surface area contributed by atoms with Crippen molar-refractivity contribution in [3.05, 3.63) is 36.4 Å². The molecule has 0 aliphatic heterocycles. The molecule has 1 aliphatic rings. The van der Waals surface area contributed by atoms with Crippen molar-refractivity contribution in [2.45, 2.75) is 31.7 Å². The van der Waals surface area contributed by atoms with Gasteiger partial charge in [0.15, 0.2) is 0 Å². The van der Waals surface area contributed by atoms with Gasteiger partial charge in [-0.05, 0) is 31.4 Å². The molecule has 0 radical (unpaired) electrons. The van der Waals surface area contributed by atoms with E-state index in [1.807, 2.05) is 24.3 Å². The van der Waals surface area contributed by atoms with Gasteiger partial charge in [0.25, 0.3) is 0 Å². The number of nitrogens with zero attached hydrogens (tertiary/aromatic N) is 2. The third-order valence-corrected chi connectivity index (χ3v) is 3.96. The quantitative estimate of drug-likeness (QED) is 0.828. The summed E-state index contributed by atoms with van der Waals surface area (Å²) in [6.45, 7) is 0. The van der Waals surface area contributed by atoms with Crippen LogP contribution >= 0.6 is 0 Å². The summed E-state index contributed by atoms with van der Waals surface area (Å²) in [5.41, 5.74) is 1.41. The van der Waals surface area contributed by atoms with Gasteiger partial charge in [0, 0.05) is 6.04 Å². The number of carbonyl (C=O) groups excluding carboxylic acids is 2. The molecule has 0 saturated heterocycles. The highest BCUT2D eigenvalue weighted by Crippen LogP contribution is 2.19. The molecular formula is C17H20N4O3. The zero-order chi connectivity index (χ0) is 16.9. The Hall–Kier alpha value is -2.83. The van der Waals surface area contributed by atoms with E-state index in [0.29, 0.717) is 5.52 Å². The predicted molar refractivity (Wildman–Crippen MR) is 90.9 cm³/mol. The minimum atomic E-state index is -0.788. The van der Waals surface area contributed by atoms with E-state index in [0.717, 1.165) is 36.1 Å². The smallest absolute Gasteiger partial charge is 0.424 e. The number of H-pyrrole nitrogens is 1. The average Bonchev–Trinajstić information content (AvgIpc) is 2.83. The molecule has 7 heteroatoms. The van der Waals surface area contributed by atoms with Crippen molar-refractivity contribution in [1.82, 2.24) is 15.3 Å². The fraction of sp³-hybridized carbons (Fsp3) is 0.353. The fourth-order valence-corrected chi connectivity index (χ4v) is 2.73. The number of amides is 3. The van der Waals surface area contributed by atoms with Crippen LogP contribution in [-0.2, 0) is 4.74 Å². The third kappa shape index (κ3) is 3.40. The zero-order valence-electron chi connectivity index (χ0n) is 13.5. The van der Waals surface area contributed by atoms with Crippen LogP contribution in [0.25, 0.3) is 11.0 Å². The van der Waals surface area contributed by atoms with E-state index >= 15 is 0 Å². The molecule has 2 N–H and O–H groups in total. The molecule has 0 saturated carbocycles. The Morgan fingerprint density at radius 1 is 1.33 bits per heavy atom. The first-order valence-electron chi connectivity index (χ1n) is 7.99. The average molecular weight is 328 g/mol. The molecule has 24 heavy (non-hydrogen) atoms. The largest absolute Gasteiger partial charge is 0.452 e. The number of imidazole rings is 1. The zero-order valence-corrected chi connectivity index (χ0v) is 13.5. The molecule has 7 nitrogen and oxygen atoms in total. The van der Waals surface area contributed by atoms with Crippen molar-refractivity contribution in [3.8, 4) is 0 Å². The molecule has 1 unspecified atom stereocenters. The minimum Gasteiger partial charge on any atom is -0.452 e. The predicted octanol–water partition coefficient (Wildman–Crippen LogP) is 3.34. The Morgan fingerprint density at radius 3 is 2.96 bits per heavy atom. The highest BCUT2D eigenvalue weighted by Gasteiger charge is 2.28. The second kappa shape index (κ2) is 7.16. The number of benzene rings is 1.